The number of aromatic nitrogens is 5. The number of nitrogens with one attached hydrogen (secondary N) is 1. The van der Waals surface area contributed by atoms with Crippen LogP contribution in [0.1, 0.15) is 6.92 Å². The summed E-state index contributed by atoms with van der Waals surface area (Å²) in [4.78, 5) is 41.7. The maximum absolute atomic E-state index is 13.0. The predicted octanol–water partition coefficient (Wildman–Crippen LogP) is 0.465. The number of aryl methyl sites for hydroxylation is 2. The third kappa shape index (κ3) is 5.80. The maximum atomic E-state index is 13.0. The van der Waals surface area contributed by atoms with E-state index in [1.807, 2.05) is 33.7 Å². The van der Waals surface area contributed by atoms with Crippen LogP contribution in [0.4, 0.5) is 19.1 Å². The first-order valence-electron chi connectivity index (χ1n) is 11.0. The van der Waals surface area contributed by atoms with Gasteiger partial charge in [0.15, 0.2) is 11.2 Å². The molecule has 1 saturated heterocycles. The monoisotopic (exact) mass is 509 g/mol. The molecule has 0 radical (unpaired) electrons. The molecule has 1 fully saturated rings. The molecule has 0 unspecified atom stereocenters. The molecule has 3 aromatic rings. The largest absolute Gasteiger partial charge is 0.490 e. The average molecular weight is 509 g/mol. The van der Waals surface area contributed by atoms with Gasteiger partial charge >= 0.3 is 17.8 Å². The fourth-order valence-electron chi connectivity index (χ4n) is 3.70. The van der Waals surface area contributed by atoms with Gasteiger partial charge in [-0.1, -0.05) is 5.92 Å². The number of fused-ring (bicyclic) bond motifs is 1. The van der Waals surface area contributed by atoms with E-state index in [1.165, 1.54) is 7.05 Å². The number of halogens is 3. The molecule has 0 saturated carbocycles. The fraction of sp³-hybridized carbons (Fsp3) is 0.455. The minimum absolute atomic E-state index is 0.339. The van der Waals surface area contributed by atoms with Crippen LogP contribution in [0.2, 0.25) is 0 Å². The number of carboxylic acids is 1. The SMILES string of the molecule is CC#CCn1c(N2CCNCC2)nc2c1c(=O)n(C)c(=O)n2CCn1cccc1.O=C(O)C(F)(F)F. The van der Waals surface area contributed by atoms with Gasteiger partial charge in [-0.3, -0.25) is 18.5 Å². The van der Waals surface area contributed by atoms with Crippen LogP contribution in [-0.2, 0) is 31.5 Å². The van der Waals surface area contributed by atoms with Crippen molar-refractivity contribution in [3.63, 3.8) is 0 Å². The number of aliphatic carboxylic acids is 1. The molecule has 0 aromatic carbocycles. The van der Waals surface area contributed by atoms with Gasteiger partial charge in [0.2, 0.25) is 5.95 Å². The number of rotatable bonds is 5. The Hall–Kier alpha value is -3.99. The van der Waals surface area contributed by atoms with Crippen molar-refractivity contribution in [1.82, 2.24) is 28.6 Å². The molecule has 0 atom stereocenters. The van der Waals surface area contributed by atoms with Gasteiger partial charge in [-0.15, -0.1) is 5.92 Å². The lowest BCUT2D eigenvalue weighted by Crippen LogP contribution is -2.44. The average Bonchev–Trinajstić information content (AvgIpc) is 3.50. The molecule has 3 aromatic heterocycles. The van der Waals surface area contributed by atoms with Crippen molar-refractivity contribution in [2.75, 3.05) is 31.1 Å². The molecule has 1 aliphatic rings. The van der Waals surface area contributed by atoms with Gasteiger partial charge in [-0.2, -0.15) is 18.2 Å². The minimum atomic E-state index is -5.08. The summed E-state index contributed by atoms with van der Waals surface area (Å²) in [6.45, 7) is 6.45. The summed E-state index contributed by atoms with van der Waals surface area (Å²) in [6.07, 6.45) is -1.18. The zero-order chi connectivity index (χ0) is 26.5. The Morgan fingerprint density at radius 3 is 2.31 bits per heavy atom. The standard InChI is InChI=1S/C20H25N7O2.C2HF3O2/c1-3-4-11-26-16-17(22-19(26)25-12-7-21-8-13-25)27(20(29)23(2)18(16)28)15-14-24-9-5-6-10-24;3-2(4,5)1(6)7/h5-6,9-10,21H,7-8,11-15H2,1-2H3;(H,6,7). The summed E-state index contributed by atoms with van der Waals surface area (Å²) in [5.41, 5.74) is 0.161. The number of alkyl halides is 3. The number of anilines is 1. The fourth-order valence-corrected chi connectivity index (χ4v) is 3.70. The second kappa shape index (κ2) is 11.2. The van der Waals surface area contributed by atoms with Gasteiger partial charge in [-0.25, -0.2) is 9.59 Å². The third-order valence-electron chi connectivity index (χ3n) is 5.51. The number of carboxylic acid groups (broad SMARTS) is 1. The molecule has 36 heavy (non-hydrogen) atoms. The number of imidazole rings is 1. The first-order chi connectivity index (χ1) is 17.1. The Bertz CT molecular complexity index is 1390. The highest BCUT2D eigenvalue weighted by atomic mass is 19.4. The van der Waals surface area contributed by atoms with Crippen LogP contribution in [-0.4, -0.2) is 66.7 Å². The van der Waals surface area contributed by atoms with Gasteiger partial charge in [0, 0.05) is 58.7 Å². The van der Waals surface area contributed by atoms with E-state index in [4.69, 9.17) is 14.9 Å². The van der Waals surface area contributed by atoms with E-state index in [-0.39, 0.29) is 11.2 Å². The van der Waals surface area contributed by atoms with Crippen molar-refractivity contribution in [2.24, 2.45) is 7.05 Å². The van der Waals surface area contributed by atoms with Gasteiger partial charge in [-0.05, 0) is 19.1 Å². The molecule has 1 aliphatic heterocycles. The summed E-state index contributed by atoms with van der Waals surface area (Å²) < 4.78 is 38.3. The molecule has 11 nitrogen and oxygen atoms in total. The number of carbonyl (C=O) groups is 1. The Labute approximate surface area is 203 Å². The lowest BCUT2D eigenvalue weighted by atomic mass is 10.4. The normalized spacial score (nSPS) is 13.6. The van der Waals surface area contributed by atoms with Crippen LogP contribution in [0.3, 0.4) is 0 Å². The molecule has 4 rings (SSSR count). The number of piperazine rings is 1. The second-order valence-electron chi connectivity index (χ2n) is 7.86. The molecular formula is C22H26F3N7O4. The molecule has 0 bridgehead atoms. The summed E-state index contributed by atoms with van der Waals surface area (Å²) >= 11 is 0. The van der Waals surface area contributed by atoms with E-state index < -0.39 is 12.1 Å². The Morgan fingerprint density at radius 1 is 1.14 bits per heavy atom. The molecule has 0 spiro atoms. The molecular weight excluding hydrogens is 483 g/mol. The highest BCUT2D eigenvalue weighted by Gasteiger charge is 2.38. The van der Waals surface area contributed by atoms with Crippen molar-refractivity contribution in [3.8, 4) is 11.8 Å². The van der Waals surface area contributed by atoms with Crippen LogP contribution < -0.4 is 21.5 Å². The number of hydrogen-bond acceptors (Lipinski definition) is 6. The molecule has 14 heteroatoms. The number of hydrogen-bond donors (Lipinski definition) is 2. The van der Waals surface area contributed by atoms with Crippen molar-refractivity contribution in [2.45, 2.75) is 32.7 Å². The first kappa shape index (κ1) is 26.6. The van der Waals surface area contributed by atoms with Crippen LogP contribution in [0, 0.1) is 11.8 Å². The van der Waals surface area contributed by atoms with E-state index in [9.17, 15) is 22.8 Å². The van der Waals surface area contributed by atoms with Crippen molar-refractivity contribution < 1.29 is 23.1 Å². The smallest absolute Gasteiger partial charge is 0.475 e. The highest BCUT2D eigenvalue weighted by molar-refractivity contribution is 5.75. The zero-order valence-corrected chi connectivity index (χ0v) is 19.7. The van der Waals surface area contributed by atoms with E-state index in [0.29, 0.717) is 36.7 Å². The van der Waals surface area contributed by atoms with Gasteiger partial charge in [0.25, 0.3) is 5.56 Å². The third-order valence-corrected chi connectivity index (χ3v) is 5.51. The molecule has 194 valence electrons. The van der Waals surface area contributed by atoms with Gasteiger partial charge < -0.3 is 19.9 Å². The quantitative estimate of drug-likeness (QED) is 0.480. The molecule has 0 aliphatic carbocycles. The van der Waals surface area contributed by atoms with Crippen LogP contribution >= 0.6 is 0 Å². The first-order valence-corrected chi connectivity index (χ1v) is 11.0. The minimum Gasteiger partial charge on any atom is -0.475 e. The topological polar surface area (TPSA) is 119 Å². The van der Waals surface area contributed by atoms with E-state index in [2.05, 4.69) is 22.1 Å². The van der Waals surface area contributed by atoms with Crippen LogP contribution in [0.5, 0.6) is 0 Å². The zero-order valence-electron chi connectivity index (χ0n) is 19.7. The lowest BCUT2D eigenvalue weighted by Gasteiger charge is -2.28. The van der Waals surface area contributed by atoms with Crippen LogP contribution in [0.25, 0.3) is 11.2 Å². The van der Waals surface area contributed by atoms with Crippen molar-refractivity contribution >= 4 is 23.1 Å². The summed E-state index contributed by atoms with van der Waals surface area (Å²) in [5, 5.41) is 10.5. The second-order valence-corrected chi connectivity index (χ2v) is 7.86. The Kier molecular flexibility index (Phi) is 8.25. The predicted molar refractivity (Wildman–Crippen MR) is 126 cm³/mol. The van der Waals surface area contributed by atoms with Gasteiger partial charge in [0.1, 0.15) is 0 Å². The van der Waals surface area contributed by atoms with Crippen LogP contribution in [0.15, 0.2) is 34.1 Å². The molecule has 0 amide bonds. The summed E-state index contributed by atoms with van der Waals surface area (Å²) in [5.74, 6) is 3.88. The molecule has 2 N–H and O–H groups in total. The summed E-state index contributed by atoms with van der Waals surface area (Å²) in [7, 11) is 1.52. The lowest BCUT2D eigenvalue weighted by molar-refractivity contribution is -0.192. The molecule has 4 heterocycles. The summed E-state index contributed by atoms with van der Waals surface area (Å²) in [6, 6.07) is 3.89. The van der Waals surface area contributed by atoms with Crippen molar-refractivity contribution in [1.29, 1.82) is 0 Å². The maximum Gasteiger partial charge on any atom is 0.490 e. The van der Waals surface area contributed by atoms with Crippen molar-refractivity contribution in [3.05, 3.63) is 45.4 Å². The Morgan fingerprint density at radius 2 is 1.75 bits per heavy atom. The van der Waals surface area contributed by atoms with E-state index >= 15 is 0 Å². The highest BCUT2D eigenvalue weighted by Crippen LogP contribution is 2.20. The van der Waals surface area contributed by atoms with Gasteiger partial charge in [0.05, 0.1) is 6.54 Å². The Balaban J connectivity index is 0.000000454. The van der Waals surface area contributed by atoms with E-state index in [1.54, 1.807) is 11.5 Å². The number of nitrogens with zero attached hydrogens (tertiary/aromatic N) is 6. The van der Waals surface area contributed by atoms with E-state index in [0.717, 1.165) is 30.7 Å².